The molecule has 74 valence electrons. The van der Waals surface area contributed by atoms with Crippen molar-refractivity contribution in [2.45, 2.75) is 39.2 Å². The van der Waals surface area contributed by atoms with Crippen molar-refractivity contribution in [1.29, 1.82) is 0 Å². The Labute approximate surface area is 79.5 Å². The maximum atomic E-state index is 10.2. The van der Waals surface area contributed by atoms with Gasteiger partial charge in [0.05, 0.1) is 0 Å². The molecule has 12 heavy (non-hydrogen) atoms. The summed E-state index contributed by atoms with van der Waals surface area (Å²) in [6.45, 7) is 4.20. The second-order valence-electron chi connectivity index (χ2n) is 2.56. The molecule has 1 unspecified atom stereocenters. The third-order valence-electron chi connectivity index (χ3n) is 1.46. The normalized spacial score (nSPS) is 11.8. The molecule has 0 rings (SSSR count). The third kappa shape index (κ3) is 7.82. The van der Waals surface area contributed by atoms with E-state index in [2.05, 4.69) is 6.92 Å². The Kier molecular flexibility index (Phi) is 10.5. The molecule has 0 aliphatic heterocycles. The van der Waals surface area contributed by atoms with Crippen LogP contribution in [0.2, 0.25) is 0 Å². The molecule has 0 aliphatic carbocycles. The Balaban J connectivity index is 0. The maximum Gasteiger partial charge on any atom is 0.332 e. The minimum Gasteiger partial charge on any atom is -0.479 e. The summed E-state index contributed by atoms with van der Waals surface area (Å²) in [6, 6.07) is 0. The summed E-state index contributed by atoms with van der Waals surface area (Å²) in [6.07, 6.45) is 2.53. The van der Waals surface area contributed by atoms with E-state index in [0.29, 0.717) is 6.61 Å². The predicted octanol–water partition coefficient (Wildman–Crippen LogP) is 2.09. The van der Waals surface area contributed by atoms with Crippen LogP contribution < -0.4 is 0 Å². The smallest absolute Gasteiger partial charge is 0.332 e. The fourth-order valence-corrected chi connectivity index (χ4v) is 0.683. The number of rotatable bonds is 6. The number of aliphatic carboxylic acids is 1. The minimum absolute atomic E-state index is 0. The van der Waals surface area contributed by atoms with Crippen LogP contribution >= 0.6 is 12.4 Å². The van der Waals surface area contributed by atoms with E-state index in [9.17, 15) is 4.79 Å². The summed E-state index contributed by atoms with van der Waals surface area (Å²) in [5, 5.41) is 8.41. The van der Waals surface area contributed by atoms with Crippen LogP contribution in [0.3, 0.4) is 0 Å². The lowest BCUT2D eigenvalue weighted by atomic mass is 10.3. The van der Waals surface area contributed by atoms with E-state index < -0.39 is 12.1 Å². The largest absolute Gasteiger partial charge is 0.479 e. The molecular formula is C8H17ClO3. The molecule has 0 spiro atoms. The van der Waals surface area contributed by atoms with Gasteiger partial charge in [0.25, 0.3) is 0 Å². The monoisotopic (exact) mass is 196 g/mol. The van der Waals surface area contributed by atoms with Gasteiger partial charge in [0.1, 0.15) is 0 Å². The van der Waals surface area contributed by atoms with Crippen molar-refractivity contribution >= 4 is 18.4 Å². The van der Waals surface area contributed by atoms with E-state index >= 15 is 0 Å². The van der Waals surface area contributed by atoms with Crippen LogP contribution in [0.5, 0.6) is 0 Å². The Bertz CT molecular complexity index is 117. The summed E-state index contributed by atoms with van der Waals surface area (Å²) in [7, 11) is 0. The van der Waals surface area contributed by atoms with Gasteiger partial charge in [-0.3, -0.25) is 0 Å². The van der Waals surface area contributed by atoms with Gasteiger partial charge in [-0.25, -0.2) is 4.79 Å². The average molecular weight is 197 g/mol. The van der Waals surface area contributed by atoms with Gasteiger partial charge in [0, 0.05) is 6.61 Å². The Morgan fingerprint density at radius 3 is 2.50 bits per heavy atom. The van der Waals surface area contributed by atoms with Gasteiger partial charge in [0.2, 0.25) is 0 Å². The predicted molar refractivity (Wildman–Crippen MR) is 49.8 cm³/mol. The summed E-state index contributed by atoms with van der Waals surface area (Å²) in [5.74, 6) is -0.888. The van der Waals surface area contributed by atoms with Crippen LogP contribution in [0.4, 0.5) is 0 Å². The maximum absolute atomic E-state index is 10.2. The van der Waals surface area contributed by atoms with Gasteiger partial charge in [0.15, 0.2) is 6.10 Å². The van der Waals surface area contributed by atoms with E-state index in [1.165, 1.54) is 0 Å². The van der Waals surface area contributed by atoms with Crippen LogP contribution in [-0.2, 0) is 9.53 Å². The molecule has 0 heterocycles. The number of unbranched alkanes of at least 4 members (excludes halogenated alkanes) is 2. The molecular weight excluding hydrogens is 180 g/mol. The summed E-state index contributed by atoms with van der Waals surface area (Å²) >= 11 is 0. The molecule has 0 aromatic rings. The highest BCUT2D eigenvalue weighted by molar-refractivity contribution is 5.85. The first-order valence-electron chi connectivity index (χ1n) is 4.03. The number of carbonyl (C=O) groups is 1. The first-order chi connectivity index (χ1) is 5.18. The number of hydrogen-bond acceptors (Lipinski definition) is 2. The van der Waals surface area contributed by atoms with Crippen molar-refractivity contribution in [3.8, 4) is 0 Å². The lowest BCUT2D eigenvalue weighted by Crippen LogP contribution is -2.20. The second-order valence-corrected chi connectivity index (χ2v) is 2.56. The van der Waals surface area contributed by atoms with E-state index in [4.69, 9.17) is 9.84 Å². The zero-order chi connectivity index (χ0) is 8.69. The highest BCUT2D eigenvalue weighted by Crippen LogP contribution is 1.97. The number of hydrogen-bond donors (Lipinski definition) is 1. The SMILES string of the molecule is CCCCCOC(C)C(=O)O.Cl. The average Bonchev–Trinajstić information content (AvgIpc) is 1.97. The number of ether oxygens (including phenoxy) is 1. The first-order valence-corrected chi connectivity index (χ1v) is 4.03. The van der Waals surface area contributed by atoms with Crippen molar-refractivity contribution in [3.63, 3.8) is 0 Å². The first kappa shape index (κ1) is 14.3. The molecule has 4 heteroatoms. The molecule has 0 amide bonds. The van der Waals surface area contributed by atoms with E-state index in [1.807, 2.05) is 0 Å². The fourth-order valence-electron chi connectivity index (χ4n) is 0.683. The Morgan fingerprint density at radius 1 is 1.50 bits per heavy atom. The molecule has 0 aliphatic rings. The Hall–Kier alpha value is -0.280. The van der Waals surface area contributed by atoms with E-state index in [0.717, 1.165) is 19.3 Å². The molecule has 0 radical (unpaired) electrons. The van der Waals surface area contributed by atoms with Crippen LogP contribution in [-0.4, -0.2) is 23.8 Å². The van der Waals surface area contributed by atoms with Crippen LogP contribution in [0.25, 0.3) is 0 Å². The van der Waals surface area contributed by atoms with E-state index in [1.54, 1.807) is 6.92 Å². The number of carboxylic acid groups (broad SMARTS) is 1. The number of halogens is 1. The van der Waals surface area contributed by atoms with Crippen molar-refractivity contribution in [3.05, 3.63) is 0 Å². The lowest BCUT2D eigenvalue weighted by Gasteiger charge is -2.06. The van der Waals surface area contributed by atoms with Gasteiger partial charge < -0.3 is 9.84 Å². The molecule has 1 N–H and O–H groups in total. The van der Waals surface area contributed by atoms with Crippen LogP contribution in [0.15, 0.2) is 0 Å². The molecule has 0 aromatic heterocycles. The summed E-state index contributed by atoms with van der Waals surface area (Å²) < 4.78 is 5.01. The highest BCUT2D eigenvalue weighted by atomic mass is 35.5. The topological polar surface area (TPSA) is 46.5 Å². The molecule has 0 fully saturated rings. The van der Waals surface area contributed by atoms with Crippen LogP contribution in [0.1, 0.15) is 33.1 Å². The quantitative estimate of drug-likeness (QED) is 0.662. The van der Waals surface area contributed by atoms with Crippen LogP contribution in [0, 0.1) is 0 Å². The summed E-state index contributed by atoms with van der Waals surface area (Å²) in [4.78, 5) is 10.2. The zero-order valence-corrected chi connectivity index (χ0v) is 8.39. The second kappa shape index (κ2) is 8.81. The minimum atomic E-state index is -0.888. The van der Waals surface area contributed by atoms with E-state index in [-0.39, 0.29) is 12.4 Å². The van der Waals surface area contributed by atoms with Crippen molar-refractivity contribution in [2.24, 2.45) is 0 Å². The van der Waals surface area contributed by atoms with Gasteiger partial charge in [-0.05, 0) is 13.3 Å². The van der Waals surface area contributed by atoms with Gasteiger partial charge in [-0.15, -0.1) is 12.4 Å². The van der Waals surface area contributed by atoms with Crippen molar-refractivity contribution in [2.75, 3.05) is 6.61 Å². The summed E-state index contributed by atoms with van der Waals surface area (Å²) in [5.41, 5.74) is 0. The molecule has 0 saturated heterocycles. The van der Waals surface area contributed by atoms with Gasteiger partial charge in [-0.2, -0.15) is 0 Å². The lowest BCUT2D eigenvalue weighted by molar-refractivity contribution is -0.149. The molecule has 1 atom stereocenters. The molecule has 0 saturated carbocycles. The number of carboxylic acids is 1. The standard InChI is InChI=1S/C8H16O3.ClH/c1-3-4-5-6-11-7(2)8(9)10;/h7H,3-6H2,1-2H3,(H,9,10);1H. The highest BCUT2D eigenvalue weighted by Gasteiger charge is 2.09. The van der Waals surface area contributed by atoms with Gasteiger partial charge in [-0.1, -0.05) is 19.8 Å². The van der Waals surface area contributed by atoms with Gasteiger partial charge >= 0.3 is 5.97 Å². The van der Waals surface area contributed by atoms with Crippen molar-refractivity contribution < 1.29 is 14.6 Å². The molecule has 3 nitrogen and oxygen atoms in total. The Morgan fingerprint density at radius 2 is 2.08 bits per heavy atom. The molecule has 0 bridgehead atoms. The van der Waals surface area contributed by atoms with Crippen molar-refractivity contribution in [1.82, 2.24) is 0 Å². The molecule has 0 aromatic carbocycles. The fraction of sp³-hybridized carbons (Fsp3) is 0.875. The zero-order valence-electron chi connectivity index (χ0n) is 7.58. The third-order valence-corrected chi connectivity index (χ3v) is 1.46.